The van der Waals surface area contributed by atoms with Crippen LogP contribution in [-0.4, -0.2) is 11.6 Å². The molecule has 3 aliphatic rings. The second-order valence-corrected chi connectivity index (χ2v) is 7.76. The highest BCUT2D eigenvalue weighted by atomic mass is 35.5. The highest BCUT2D eigenvalue weighted by Gasteiger charge is 2.46. The maximum atomic E-state index is 13.1. The largest absolute Gasteiger partial charge is 0.294 e. The zero-order valence-electron chi connectivity index (χ0n) is 13.2. The number of rotatable bonds is 6. The van der Waals surface area contributed by atoms with E-state index in [-0.39, 0.29) is 17.5 Å². The molecule has 0 amide bonds. The topological polar surface area (TPSA) is 34.1 Å². The van der Waals surface area contributed by atoms with E-state index in [1.807, 2.05) is 24.3 Å². The zero-order valence-corrected chi connectivity index (χ0v) is 13.9. The lowest BCUT2D eigenvalue weighted by Gasteiger charge is -2.40. The molecular formula is C20H21ClO2. The van der Waals surface area contributed by atoms with Gasteiger partial charge in [0.2, 0.25) is 0 Å². The molecule has 0 N–H and O–H groups in total. The third-order valence-electron chi connectivity index (χ3n) is 5.61. The third-order valence-corrected chi connectivity index (χ3v) is 5.86. The number of hydrogen-bond donors (Lipinski definition) is 0. The first-order valence-electron chi connectivity index (χ1n) is 8.66. The van der Waals surface area contributed by atoms with Gasteiger partial charge in [-0.1, -0.05) is 30.2 Å². The van der Waals surface area contributed by atoms with Crippen molar-refractivity contribution in [3.8, 4) is 0 Å². The van der Waals surface area contributed by atoms with Gasteiger partial charge in [-0.15, -0.1) is 0 Å². The predicted molar refractivity (Wildman–Crippen MR) is 90.5 cm³/mol. The van der Waals surface area contributed by atoms with Gasteiger partial charge in [0.15, 0.2) is 11.6 Å². The van der Waals surface area contributed by atoms with E-state index in [0.717, 1.165) is 56.1 Å². The molecule has 120 valence electrons. The van der Waals surface area contributed by atoms with Crippen molar-refractivity contribution in [3.05, 3.63) is 46.5 Å². The molecule has 0 heterocycles. The van der Waals surface area contributed by atoms with Gasteiger partial charge in [0.25, 0.3) is 0 Å². The summed E-state index contributed by atoms with van der Waals surface area (Å²) in [5.41, 5.74) is 1.44. The molecule has 0 bridgehead atoms. The van der Waals surface area contributed by atoms with Crippen molar-refractivity contribution in [1.29, 1.82) is 0 Å². The molecule has 3 heteroatoms. The van der Waals surface area contributed by atoms with Crippen LogP contribution < -0.4 is 0 Å². The fourth-order valence-corrected chi connectivity index (χ4v) is 3.75. The SMILES string of the molecule is O=C(C(=CC(=O)C1(c2ccc(Cl)cc2)CCC1)C1CC1)C1CC1. The molecule has 3 aliphatic carbocycles. The number of Topliss-reactive ketones (excluding diaryl/α,β-unsaturated/α-hetero) is 1. The monoisotopic (exact) mass is 328 g/mol. The molecule has 3 fully saturated rings. The first-order chi connectivity index (χ1) is 11.1. The highest BCUT2D eigenvalue weighted by Crippen LogP contribution is 2.47. The third kappa shape index (κ3) is 2.78. The van der Waals surface area contributed by atoms with Gasteiger partial charge in [-0.05, 0) is 68.2 Å². The molecule has 0 spiro atoms. The van der Waals surface area contributed by atoms with Crippen molar-refractivity contribution in [3.63, 3.8) is 0 Å². The summed E-state index contributed by atoms with van der Waals surface area (Å²) in [6, 6.07) is 7.63. The molecule has 0 aromatic heterocycles. The maximum absolute atomic E-state index is 13.1. The summed E-state index contributed by atoms with van der Waals surface area (Å²) < 4.78 is 0. The summed E-state index contributed by atoms with van der Waals surface area (Å²) >= 11 is 5.98. The van der Waals surface area contributed by atoms with Crippen LogP contribution in [-0.2, 0) is 15.0 Å². The van der Waals surface area contributed by atoms with Crippen LogP contribution in [0.15, 0.2) is 35.9 Å². The minimum Gasteiger partial charge on any atom is -0.294 e. The Kier molecular flexibility index (Phi) is 3.68. The second kappa shape index (κ2) is 5.59. The number of halogens is 1. The summed E-state index contributed by atoms with van der Waals surface area (Å²) in [5.74, 6) is 0.908. The number of carbonyl (C=O) groups excluding carboxylic acids is 2. The number of hydrogen-bond acceptors (Lipinski definition) is 2. The zero-order chi connectivity index (χ0) is 16.0. The Morgan fingerprint density at radius 2 is 1.61 bits per heavy atom. The Bertz CT molecular complexity index is 674. The molecule has 0 aliphatic heterocycles. The lowest BCUT2D eigenvalue weighted by Crippen LogP contribution is -2.41. The van der Waals surface area contributed by atoms with E-state index in [1.165, 1.54) is 0 Å². The van der Waals surface area contributed by atoms with Gasteiger partial charge in [-0.2, -0.15) is 0 Å². The van der Waals surface area contributed by atoms with Crippen LogP contribution in [0.1, 0.15) is 50.5 Å². The van der Waals surface area contributed by atoms with Gasteiger partial charge >= 0.3 is 0 Å². The van der Waals surface area contributed by atoms with Crippen molar-refractivity contribution >= 4 is 23.2 Å². The van der Waals surface area contributed by atoms with Crippen LogP contribution >= 0.6 is 11.6 Å². The molecule has 0 unspecified atom stereocenters. The molecule has 0 atom stereocenters. The molecule has 4 rings (SSSR count). The fraction of sp³-hybridized carbons (Fsp3) is 0.500. The summed E-state index contributed by atoms with van der Waals surface area (Å²) in [7, 11) is 0. The number of benzene rings is 1. The van der Waals surface area contributed by atoms with Crippen molar-refractivity contribution in [2.45, 2.75) is 50.4 Å². The second-order valence-electron chi connectivity index (χ2n) is 7.32. The molecule has 0 radical (unpaired) electrons. The lowest BCUT2D eigenvalue weighted by atomic mass is 9.61. The van der Waals surface area contributed by atoms with Crippen LogP contribution in [0, 0.1) is 11.8 Å². The predicted octanol–water partition coefficient (Wildman–Crippen LogP) is 4.65. The van der Waals surface area contributed by atoms with Crippen LogP contribution in [0.25, 0.3) is 0 Å². The number of allylic oxidation sites excluding steroid dienone is 2. The van der Waals surface area contributed by atoms with E-state index in [1.54, 1.807) is 6.08 Å². The van der Waals surface area contributed by atoms with E-state index < -0.39 is 5.41 Å². The van der Waals surface area contributed by atoms with Crippen LogP contribution in [0.2, 0.25) is 5.02 Å². The molecule has 1 aromatic rings. The summed E-state index contributed by atoms with van der Waals surface area (Å²) in [4.78, 5) is 25.6. The van der Waals surface area contributed by atoms with Crippen LogP contribution in [0.3, 0.4) is 0 Å². The van der Waals surface area contributed by atoms with Crippen LogP contribution in [0.5, 0.6) is 0 Å². The Morgan fingerprint density at radius 3 is 2.09 bits per heavy atom. The average Bonchev–Trinajstić information content (AvgIpc) is 3.38. The molecule has 3 saturated carbocycles. The molecule has 23 heavy (non-hydrogen) atoms. The average molecular weight is 329 g/mol. The Hall–Kier alpha value is -1.41. The smallest absolute Gasteiger partial charge is 0.166 e. The minimum absolute atomic E-state index is 0.127. The summed E-state index contributed by atoms with van der Waals surface area (Å²) in [6.45, 7) is 0. The van der Waals surface area contributed by atoms with E-state index in [9.17, 15) is 9.59 Å². The van der Waals surface area contributed by atoms with Gasteiger partial charge in [-0.3, -0.25) is 9.59 Å². The summed E-state index contributed by atoms with van der Waals surface area (Å²) in [6.07, 6.45) is 8.65. The molecule has 1 aromatic carbocycles. The minimum atomic E-state index is -0.422. The molecule has 2 nitrogen and oxygen atoms in total. The first kappa shape index (κ1) is 15.1. The van der Waals surface area contributed by atoms with Crippen molar-refractivity contribution in [1.82, 2.24) is 0 Å². The number of carbonyl (C=O) groups is 2. The van der Waals surface area contributed by atoms with E-state index in [0.29, 0.717) is 10.9 Å². The van der Waals surface area contributed by atoms with Gasteiger partial charge in [-0.25, -0.2) is 0 Å². The van der Waals surface area contributed by atoms with Crippen molar-refractivity contribution in [2.24, 2.45) is 11.8 Å². The van der Waals surface area contributed by atoms with E-state index >= 15 is 0 Å². The van der Waals surface area contributed by atoms with Gasteiger partial charge in [0, 0.05) is 16.5 Å². The Labute approximate surface area is 141 Å². The Balaban J connectivity index is 1.64. The molecular weight excluding hydrogens is 308 g/mol. The van der Waals surface area contributed by atoms with Crippen molar-refractivity contribution < 1.29 is 9.59 Å². The van der Waals surface area contributed by atoms with E-state index in [2.05, 4.69) is 0 Å². The number of ketones is 2. The van der Waals surface area contributed by atoms with Crippen LogP contribution in [0.4, 0.5) is 0 Å². The molecule has 0 saturated heterocycles. The lowest BCUT2D eigenvalue weighted by molar-refractivity contribution is -0.123. The van der Waals surface area contributed by atoms with Gasteiger partial charge in [0.1, 0.15) is 0 Å². The van der Waals surface area contributed by atoms with Gasteiger partial charge < -0.3 is 0 Å². The fourth-order valence-electron chi connectivity index (χ4n) is 3.62. The van der Waals surface area contributed by atoms with Crippen molar-refractivity contribution in [2.75, 3.05) is 0 Å². The summed E-state index contributed by atoms with van der Waals surface area (Å²) in [5, 5.41) is 0.689. The van der Waals surface area contributed by atoms with E-state index in [4.69, 9.17) is 11.6 Å². The first-order valence-corrected chi connectivity index (χ1v) is 9.04. The quantitative estimate of drug-likeness (QED) is 0.712. The normalized spacial score (nSPS) is 23.3. The Morgan fingerprint density at radius 1 is 1.00 bits per heavy atom. The van der Waals surface area contributed by atoms with Gasteiger partial charge in [0.05, 0.1) is 5.41 Å². The highest BCUT2D eigenvalue weighted by molar-refractivity contribution is 6.30. The maximum Gasteiger partial charge on any atom is 0.166 e. The standard InChI is InChI=1S/C20H21ClO2/c21-16-8-6-15(7-9-16)20(10-1-11-20)18(22)12-17(13-2-3-13)19(23)14-4-5-14/h6-9,12-14H,1-5,10-11H2.